The second kappa shape index (κ2) is 11.0. The fourth-order valence-corrected chi connectivity index (χ4v) is 3.08. The second-order valence-electron chi connectivity index (χ2n) is 5.25. The molecular formula is C11H18F9N2O5S2-. The summed E-state index contributed by atoms with van der Waals surface area (Å²) in [5.74, 6) is 0. The number of sulfonamides is 2. The number of hydrogen-bond donors (Lipinski definition) is 0. The average molecular weight is 493 g/mol. The lowest BCUT2D eigenvalue weighted by Gasteiger charge is -2.28. The third-order valence-corrected chi connectivity index (χ3v) is 5.70. The summed E-state index contributed by atoms with van der Waals surface area (Å²) in [4.78, 5) is 1.39. The van der Waals surface area contributed by atoms with Gasteiger partial charge >= 0.3 is 17.2 Å². The zero-order valence-electron chi connectivity index (χ0n) is 15.1. The highest BCUT2D eigenvalue weighted by molar-refractivity contribution is 8.13. The summed E-state index contributed by atoms with van der Waals surface area (Å²) in [6.07, 6.45) is -3.42. The van der Waals surface area contributed by atoms with Crippen molar-refractivity contribution in [2.45, 2.75) is 43.5 Å². The van der Waals surface area contributed by atoms with Crippen molar-refractivity contribution in [3.8, 4) is 0 Å². The Bertz CT molecular complexity index is 645. The molecule has 1 unspecified atom stereocenters. The minimum Gasteiger partial charge on any atom is -0.421 e. The van der Waals surface area contributed by atoms with Gasteiger partial charge in [-0.05, 0) is 13.3 Å². The summed E-state index contributed by atoms with van der Waals surface area (Å²) in [5.41, 5.74) is -12.4. The Kier molecular flexibility index (Phi) is 11.5. The molecule has 0 spiro atoms. The molecule has 0 fully saturated rings. The van der Waals surface area contributed by atoms with E-state index in [4.69, 9.17) is 4.74 Å². The lowest BCUT2D eigenvalue weighted by atomic mass is 10.2. The lowest BCUT2D eigenvalue weighted by Crippen LogP contribution is -2.41. The van der Waals surface area contributed by atoms with E-state index in [0.717, 1.165) is 4.13 Å². The number of halogens is 9. The lowest BCUT2D eigenvalue weighted by molar-refractivity contribution is -0.151. The maximum atomic E-state index is 12.1. The Balaban J connectivity index is 0. The van der Waals surface area contributed by atoms with Crippen LogP contribution in [0.4, 0.5) is 39.5 Å². The molecule has 0 radical (unpaired) electrons. The predicted molar refractivity (Wildman–Crippen MR) is 82.6 cm³/mol. The van der Waals surface area contributed by atoms with Gasteiger partial charge in [-0.1, -0.05) is 6.92 Å². The van der Waals surface area contributed by atoms with Crippen LogP contribution in [0, 0.1) is 0 Å². The molecule has 0 bridgehead atoms. The van der Waals surface area contributed by atoms with E-state index in [2.05, 4.69) is 0 Å². The van der Waals surface area contributed by atoms with Gasteiger partial charge in [-0.2, -0.15) is 39.5 Å². The van der Waals surface area contributed by atoms with E-state index in [1.807, 2.05) is 6.92 Å². The quantitative estimate of drug-likeness (QED) is 0.482. The summed E-state index contributed by atoms with van der Waals surface area (Å²) in [6, 6.07) is -0.0632. The van der Waals surface area contributed by atoms with Gasteiger partial charge in [-0.25, -0.2) is 16.8 Å². The summed E-state index contributed by atoms with van der Waals surface area (Å²) in [5, 5.41) is 0. The van der Waals surface area contributed by atoms with Crippen molar-refractivity contribution in [1.29, 1.82) is 0 Å². The zero-order valence-corrected chi connectivity index (χ0v) is 16.7. The van der Waals surface area contributed by atoms with E-state index >= 15 is 0 Å². The Morgan fingerprint density at radius 3 is 1.52 bits per heavy atom. The first-order valence-corrected chi connectivity index (χ1v) is 10.2. The summed E-state index contributed by atoms with van der Waals surface area (Å²) < 4.78 is 150. The number of rotatable bonds is 8. The fourth-order valence-electron chi connectivity index (χ4n) is 1.37. The van der Waals surface area contributed by atoms with Gasteiger partial charge in [0, 0.05) is 19.7 Å². The molecule has 0 amide bonds. The van der Waals surface area contributed by atoms with Gasteiger partial charge in [0.15, 0.2) is 20.0 Å². The van der Waals surface area contributed by atoms with Crippen molar-refractivity contribution in [1.82, 2.24) is 4.90 Å². The molecule has 0 aliphatic carbocycles. The predicted octanol–water partition coefficient (Wildman–Crippen LogP) is 3.35. The summed E-state index contributed by atoms with van der Waals surface area (Å²) >= 11 is 0. The van der Waals surface area contributed by atoms with E-state index in [-0.39, 0.29) is 6.04 Å². The number of nitrogens with zero attached hydrogens (tertiary/aromatic N) is 2. The van der Waals surface area contributed by atoms with Crippen LogP contribution in [0.1, 0.15) is 20.3 Å². The van der Waals surface area contributed by atoms with E-state index in [0.29, 0.717) is 19.6 Å². The molecule has 178 valence electrons. The Morgan fingerprint density at radius 2 is 1.28 bits per heavy atom. The van der Waals surface area contributed by atoms with Crippen molar-refractivity contribution >= 4 is 20.0 Å². The van der Waals surface area contributed by atoms with Gasteiger partial charge in [0.1, 0.15) is 0 Å². The van der Waals surface area contributed by atoms with Crippen molar-refractivity contribution < 1.29 is 61.1 Å². The molecule has 0 rings (SSSR count). The van der Waals surface area contributed by atoms with E-state index in [1.165, 1.54) is 12.0 Å². The highest BCUT2D eigenvalue weighted by Gasteiger charge is 2.46. The Hall–Kier alpha value is -0.850. The molecule has 18 heteroatoms. The minimum atomic E-state index is -6.72. The third-order valence-electron chi connectivity index (χ3n) is 2.96. The van der Waals surface area contributed by atoms with Crippen LogP contribution in [0.25, 0.3) is 4.13 Å². The standard InChI is InChI=1S/C9H18F3NO.C2F6NO4S2/c1-4-8(2)13(5-6-14-3)7-9(10,11)12;3-1(4,5)14(10,11)9-15(12,13)2(6,7)8/h8H,4-7H2,1-3H3;/q;-1. The molecule has 0 aliphatic heterocycles. The SMILES string of the molecule is CCC(C)N(CCOC)CC(F)(F)F.O=S(=O)([N-]S(=O)(=O)C(F)(F)F)C(F)(F)F. The number of ether oxygens (including phenoxy) is 1. The van der Waals surface area contributed by atoms with Crippen molar-refractivity contribution in [3.05, 3.63) is 4.13 Å². The summed E-state index contributed by atoms with van der Waals surface area (Å²) in [6.45, 7) is 3.47. The first-order chi connectivity index (χ1) is 12.6. The second-order valence-corrected chi connectivity index (χ2v) is 8.67. The Morgan fingerprint density at radius 1 is 0.897 bits per heavy atom. The maximum absolute atomic E-state index is 12.1. The number of alkyl halides is 9. The molecule has 0 heterocycles. The number of hydrogen-bond acceptors (Lipinski definition) is 6. The van der Waals surface area contributed by atoms with Crippen LogP contribution >= 0.6 is 0 Å². The molecule has 29 heavy (non-hydrogen) atoms. The van der Waals surface area contributed by atoms with E-state index in [9.17, 15) is 56.3 Å². The minimum absolute atomic E-state index is 0.0632. The van der Waals surface area contributed by atoms with Crippen molar-refractivity contribution in [2.24, 2.45) is 0 Å². The first kappa shape index (κ1) is 30.3. The largest absolute Gasteiger partial charge is 0.480 e. The van der Waals surface area contributed by atoms with Gasteiger partial charge < -0.3 is 8.86 Å². The molecule has 7 nitrogen and oxygen atoms in total. The average Bonchev–Trinajstić information content (AvgIpc) is 2.46. The summed E-state index contributed by atoms with van der Waals surface area (Å²) in [7, 11) is -12.0. The van der Waals surface area contributed by atoms with Gasteiger partial charge in [-0.3, -0.25) is 4.90 Å². The van der Waals surface area contributed by atoms with E-state index in [1.54, 1.807) is 6.92 Å². The highest BCUT2D eigenvalue weighted by atomic mass is 32.3. The molecule has 1 atom stereocenters. The van der Waals surface area contributed by atoms with Crippen LogP contribution in [-0.4, -0.2) is 71.8 Å². The molecule has 0 aliphatic rings. The van der Waals surface area contributed by atoms with Crippen molar-refractivity contribution in [2.75, 3.05) is 26.8 Å². The zero-order chi connectivity index (χ0) is 23.9. The van der Waals surface area contributed by atoms with Gasteiger partial charge in [-0.15, -0.1) is 0 Å². The maximum Gasteiger partial charge on any atom is 0.480 e. The Labute approximate surface area is 161 Å². The first-order valence-electron chi connectivity index (χ1n) is 7.27. The van der Waals surface area contributed by atoms with Crippen molar-refractivity contribution in [3.63, 3.8) is 0 Å². The normalized spacial score (nSPS) is 15.1. The molecular weight excluding hydrogens is 475 g/mol. The topological polar surface area (TPSA) is 94.8 Å². The van der Waals surface area contributed by atoms with E-state index < -0.39 is 43.8 Å². The molecule has 0 aromatic carbocycles. The van der Waals surface area contributed by atoms with Crippen LogP contribution in [0.2, 0.25) is 0 Å². The molecule has 0 aromatic heterocycles. The fraction of sp³-hybridized carbons (Fsp3) is 1.00. The van der Waals surface area contributed by atoms with Gasteiger partial charge in [0.2, 0.25) is 0 Å². The molecule has 0 N–H and O–H groups in total. The molecule has 0 saturated carbocycles. The monoisotopic (exact) mass is 493 g/mol. The van der Waals surface area contributed by atoms with Gasteiger partial charge in [0.25, 0.3) is 0 Å². The van der Waals surface area contributed by atoms with Crippen LogP contribution in [0.15, 0.2) is 0 Å². The van der Waals surface area contributed by atoms with Crippen LogP contribution in [0.3, 0.4) is 0 Å². The van der Waals surface area contributed by atoms with Crippen LogP contribution in [-0.2, 0) is 24.8 Å². The number of methoxy groups -OCH3 is 1. The van der Waals surface area contributed by atoms with Crippen LogP contribution < -0.4 is 0 Å². The molecule has 0 saturated heterocycles. The highest BCUT2D eigenvalue weighted by Crippen LogP contribution is 2.36. The van der Waals surface area contributed by atoms with Gasteiger partial charge in [0.05, 0.1) is 13.2 Å². The molecule has 0 aromatic rings. The smallest absolute Gasteiger partial charge is 0.421 e. The third kappa shape index (κ3) is 11.8. The van der Waals surface area contributed by atoms with Crippen LogP contribution in [0.5, 0.6) is 0 Å².